The average molecular weight is 334 g/mol. The van der Waals surface area contributed by atoms with Gasteiger partial charge in [0.25, 0.3) is 0 Å². The summed E-state index contributed by atoms with van der Waals surface area (Å²) in [4.78, 5) is 11.7. The normalized spacial score (nSPS) is 21.0. The molecule has 0 saturated carbocycles. The highest BCUT2D eigenvalue weighted by Gasteiger charge is 2.29. The van der Waals surface area contributed by atoms with E-state index in [1.165, 1.54) is 23.1 Å². The number of nitrogens with zero attached hydrogens (tertiary/aromatic N) is 4. The Morgan fingerprint density at radius 1 is 1.24 bits per heavy atom. The molecular weight excluding hydrogens is 308 g/mol. The summed E-state index contributed by atoms with van der Waals surface area (Å²) >= 11 is 0. The summed E-state index contributed by atoms with van der Waals surface area (Å²) in [6, 6.07) is 9.03. The first kappa shape index (κ1) is 16.1. The molecule has 0 spiro atoms. The van der Waals surface area contributed by atoms with Gasteiger partial charge in [-0.3, -0.25) is 4.98 Å². The van der Waals surface area contributed by atoms with E-state index >= 15 is 0 Å². The smallest absolute Gasteiger partial charge is 0.0949 e. The number of para-hydroxylation sites is 1. The Bertz CT molecular complexity index is 869. The van der Waals surface area contributed by atoms with Crippen molar-refractivity contribution in [3.8, 4) is 0 Å². The monoisotopic (exact) mass is 334 g/mol. The van der Waals surface area contributed by atoms with E-state index in [9.17, 15) is 0 Å². The zero-order chi connectivity index (χ0) is 17.4. The van der Waals surface area contributed by atoms with Crippen LogP contribution >= 0.6 is 0 Å². The fraction of sp³-hybridized carbons (Fsp3) is 0.429. The molecule has 2 aromatic heterocycles. The SMILES string of the molecule is CCc1c(C)nc2ccccc2c1N1CCC(C)C(n2ccnc2)C1. The van der Waals surface area contributed by atoms with Crippen molar-refractivity contribution in [1.29, 1.82) is 0 Å². The predicted octanol–water partition coefficient (Wildman–Crippen LogP) is 4.39. The second-order valence-corrected chi connectivity index (χ2v) is 7.18. The minimum absolute atomic E-state index is 0.466. The van der Waals surface area contributed by atoms with Crippen molar-refractivity contribution in [1.82, 2.24) is 14.5 Å². The van der Waals surface area contributed by atoms with Gasteiger partial charge >= 0.3 is 0 Å². The van der Waals surface area contributed by atoms with Crippen LogP contribution in [-0.2, 0) is 6.42 Å². The molecule has 3 heterocycles. The third-order valence-electron chi connectivity index (χ3n) is 5.67. The number of imidazole rings is 1. The number of anilines is 1. The van der Waals surface area contributed by atoms with Crippen molar-refractivity contribution in [3.63, 3.8) is 0 Å². The molecule has 0 N–H and O–H groups in total. The molecule has 0 amide bonds. The highest BCUT2D eigenvalue weighted by atomic mass is 15.2. The third-order valence-corrected chi connectivity index (χ3v) is 5.67. The first-order chi connectivity index (χ1) is 12.2. The molecule has 2 atom stereocenters. The van der Waals surface area contributed by atoms with Gasteiger partial charge in [-0.1, -0.05) is 32.0 Å². The first-order valence-electron chi connectivity index (χ1n) is 9.29. The van der Waals surface area contributed by atoms with Crippen LogP contribution in [0.4, 0.5) is 5.69 Å². The Kier molecular flexibility index (Phi) is 4.20. The minimum atomic E-state index is 0.466. The van der Waals surface area contributed by atoms with Gasteiger partial charge in [0, 0.05) is 36.6 Å². The van der Waals surface area contributed by atoms with E-state index in [0.29, 0.717) is 12.0 Å². The van der Waals surface area contributed by atoms with Gasteiger partial charge in [0.05, 0.1) is 23.6 Å². The summed E-state index contributed by atoms with van der Waals surface area (Å²) in [5, 5.41) is 1.28. The van der Waals surface area contributed by atoms with Crippen LogP contribution in [0.25, 0.3) is 10.9 Å². The minimum Gasteiger partial charge on any atom is -0.369 e. The van der Waals surface area contributed by atoms with Crippen LogP contribution in [0.5, 0.6) is 0 Å². The van der Waals surface area contributed by atoms with Gasteiger partial charge in [-0.25, -0.2) is 4.98 Å². The molecular formula is C21H26N4. The standard InChI is InChI=1S/C21H26N4/c1-4-17-16(3)23-19-8-6-5-7-18(19)21(17)24-11-9-15(2)20(13-24)25-12-10-22-14-25/h5-8,10,12,14-15,20H,4,9,11,13H2,1-3H3. The van der Waals surface area contributed by atoms with Crippen LogP contribution in [-0.4, -0.2) is 27.6 Å². The van der Waals surface area contributed by atoms with Gasteiger partial charge in [0.15, 0.2) is 0 Å². The first-order valence-corrected chi connectivity index (χ1v) is 9.29. The van der Waals surface area contributed by atoms with Gasteiger partial charge in [-0.05, 0) is 37.3 Å². The Hall–Kier alpha value is -2.36. The zero-order valence-corrected chi connectivity index (χ0v) is 15.3. The van der Waals surface area contributed by atoms with Crippen LogP contribution in [0.3, 0.4) is 0 Å². The van der Waals surface area contributed by atoms with Gasteiger partial charge in [-0.2, -0.15) is 0 Å². The van der Waals surface area contributed by atoms with Crippen molar-refractivity contribution in [3.05, 3.63) is 54.2 Å². The van der Waals surface area contributed by atoms with Crippen molar-refractivity contribution in [2.45, 2.75) is 39.7 Å². The van der Waals surface area contributed by atoms with Crippen LogP contribution < -0.4 is 4.90 Å². The molecule has 1 aliphatic heterocycles. The van der Waals surface area contributed by atoms with Crippen molar-refractivity contribution in [2.24, 2.45) is 5.92 Å². The topological polar surface area (TPSA) is 34.0 Å². The van der Waals surface area contributed by atoms with Gasteiger partial charge in [0.2, 0.25) is 0 Å². The number of benzene rings is 1. The van der Waals surface area contributed by atoms with E-state index < -0.39 is 0 Å². The van der Waals surface area contributed by atoms with E-state index in [4.69, 9.17) is 4.98 Å². The van der Waals surface area contributed by atoms with Gasteiger partial charge < -0.3 is 9.47 Å². The molecule has 0 aliphatic carbocycles. The zero-order valence-electron chi connectivity index (χ0n) is 15.3. The molecule has 130 valence electrons. The predicted molar refractivity (Wildman–Crippen MR) is 103 cm³/mol. The number of hydrogen-bond acceptors (Lipinski definition) is 3. The fourth-order valence-electron chi connectivity index (χ4n) is 4.24. The number of aryl methyl sites for hydroxylation is 1. The quantitative estimate of drug-likeness (QED) is 0.712. The second kappa shape index (κ2) is 6.51. The summed E-state index contributed by atoms with van der Waals surface area (Å²) in [5.41, 5.74) is 5.04. The lowest BCUT2D eigenvalue weighted by Crippen LogP contribution is -2.41. The second-order valence-electron chi connectivity index (χ2n) is 7.18. The molecule has 4 heteroatoms. The maximum atomic E-state index is 4.84. The summed E-state index contributed by atoms with van der Waals surface area (Å²) in [7, 11) is 0. The lowest BCUT2D eigenvalue weighted by atomic mass is 9.91. The van der Waals surface area contributed by atoms with E-state index in [-0.39, 0.29) is 0 Å². The van der Waals surface area contributed by atoms with E-state index in [2.05, 4.69) is 65.7 Å². The van der Waals surface area contributed by atoms with Crippen LogP contribution in [0.1, 0.15) is 37.6 Å². The Morgan fingerprint density at radius 3 is 2.84 bits per heavy atom. The molecule has 4 nitrogen and oxygen atoms in total. The number of pyridine rings is 1. The Labute approximate surface area is 149 Å². The summed E-state index contributed by atoms with van der Waals surface area (Å²) in [6.07, 6.45) is 8.15. The number of fused-ring (bicyclic) bond motifs is 1. The average Bonchev–Trinajstić information content (AvgIpc) is 3.15. The molecule has 3 aromatic rings. The van der Waals surface area contributed by atoms with Crippen molar-refractivity contribution in [2.75, 3.05) is 18.0 Å². The van der Waals surface area contributed by atoms with Crippen LogP contribution in [0, 0.1) is 12.8 Å². The molecule has 0 bridgehead atoms. The molecule has 4 rings (SSSR count). The van der Waals surface area contributed by atoms with Crippen molar-refractivity contribution < 1.29 is 0 Å². The number of piperidine rings is 1. The molecule has 2 unspecified atom stereocenters. The number of aromatic nitrogens is 3. The highest BCUT2D eigenvalue weighted by Crippen LogP contribution is 2.37. The number of rotatable bonds is 3. The van der Waals surface area contributed by atoms with Crippen LogP contribution in [0.2, 0.25) is 0 Å². The lowest BCUT2D eigenvalue weighted by Gasteiger charge is -2.40. The Balaban J connectivity index is 1.81. The maximum absolute atomic E-state index is 4.84. The van der Waals surface area contributed by atoms with E-state index in [0.717, 1.165) is 30.7 Å². The summed E-state index contributed by atoms with van der Waals surface area (Å²) < 4.78 is 2.28. The maximum Gasteiger partial charge on any atom is 0.0949 e. The highest BCUT2D eigenvalue weighted by molar-refractivity contribution is 5.94. The molecule has 1 saturated heterocycles. The van der Waals surface area contributed by atoms with E-state index in [1.54, 1.807) is 0 Å². The van der Waals surface area contributed by atoms with Crippen LogP contribution in [0.15, 0.2) is 43.0 Å². The third kappa shape index (κ3) is 2.80. The lowest BCUT2D eigenvalue weighted by molar-refractivity contribution is 0.299. The van der Waals surface area contributed by atoms with Crippen molar-refractivity contribution >= 4 is 16.6 Å². The van der Waals surface area contributed by atoms with Gasteiger partial charge in [0.1, 0.15) is 0 Å². The molecule has 1 aromatic carbocycles. The molecule has 25 heavy (non-hydrogen) atoms. The number of hydrogen-bond donors (Lipinski definition) is 0. The van der Waals surface area contributed by atoms with Gasteiger partial charge in [-0.15, -0.1) is 0 Å². The molecule has 0 radical (unpaired) electrons. The Morgan fingerprint density at radius 2 is 2.08 bits per heavy atom. The fourth-order valence-corrected chi connectivity index (χ4v) is 4.24. The van der Waals surface area contributed by atoms with E-state index in [1.807, 2.05) is 12.5 Å². The molecule has 1 aliphatic rings. The summed E-state index contributed by atoms with van der Waals surface area (Å²) in [6.45, 7) is 8.88. The molecule has 1 fully saturated rings. The summed E-state index contributed by atoms with van der Waals surface area (Å²) in [5.74, 6) is 0.657. The largest absolute Gasteiger partial charge is 0.369 e.